The summed E-state index contributed by atoms with van der Waals surface area (Å²) < 4.78 is 0. The zero-order valence-electron chi connectivity index (χ0n) is 11.7. The minimum Gasteiger partial charge on any atom is -0.349 e. The highest BCUT2D eigenvalue weighted by molar-refractivity contribution is 6.32. The molecule has 0 aliphatic rings. The Kier molecular flexibility index (Phi) is 5.88. The Bertz CT molecular complexity index is 508. The second-order valence-corrected chi connectivity index (χ2v) is 5.24. The van der Waals surface area contributed by atoms with Gasteiger partial charge in [-0.1, -0.05) is 31.9 Å². The Morgan fingerprint density at radius 3 is 2.75 bits per heavy atom. The van der Waals surface area contributed by atoms with Gasteiger partial charge in [-0.05, 0) is 25.3 Å². The van der Waals surface area contributed by atoms with E-state index in [1.807, 2.05) is 6.92 Å². The van der Waals surface area contributed by atoms with Crippen LogP contribution in [0, 0.1) is 16.0 Å². The molecule has 20 heavy (non-hydrogen) atoms. The summed E-state index contributed by atoms with van der Waals surface area (Å²) in [4.78, 5) is 26.0. The van der Waals surface area contributed by atoms with Gasteiger partial charge < -0.3 is 5.32 Å². The van der Waals surface area contributed by atoms with Crippen molar-refractivity contribution >= 4 is 23.2 Å². The quantitative estimate of drug-likeness (QED) is 0.496. The van der Waals surface area contributed by atoms with Crippen molar-refractivity contribution < 1.29 is 9.72 Å². The molecule has 0 bridgehead atoms. The summed E-state index contributed by atoms with van der Waals surface area (Å²) in [5.41, 5.74) is -0.520. The van der Waals surface area contributed by atoms with Gasteiger partial charge in [0.05, 0.1) is 4.92 Å². The first kappa shape index (κ1) is 16.4. The number of carbonyl (C=O) groups is 1. The number of pyridine rings is 1. The van der Waals surface area contributed by atoms with Crippen molar-refractivity contribution in [2.24, 2.45) is 5.92 Å². The van der Waals surface area contributed by atoms with Crippen molar-refractivity contribution in [3.63, 3.8) is 0 Å². The normalized spacial score (nSPS) is 13.6. The molecule has 7 heteroatoms. The van der Waals surface area contributed by atoms with Gasteiger partial charge in [-0.15, -0.1) is 0 Å². The number of rotatable bonds is 6. The molecule has 2 atom stereocenters. The summed E-state index contributed by atoms with van der Waals surface area (Å²) in [6, 6.07) is 1.24. The van der Waals surface area contributed by atoms with Crippen LogP contribution in [0.3, 0.4) is 0 Å². The van der Waals surface area contributed by atoms with E-state index in [0.717, 1.165) is 12.8 Å². The minimum absolute atomic E-state index is 0.0639. The molecule has 0 saturated carbocycles. The number of nitrogens with one attached hydrogen (secondary N) is 1. The third kappa shape index (κ3) is 4.16. The van der Waals surface area contributed by atoms with Gasteiger partial charge in [0, 0.05) is 12.2 Å². The third-order valence-electron chi connectivity index (χ3n) is 3.14. The first-order valence-electron chi connectivity index (χ1n) is 6.46. The average Bonchev–Trinajstić information content (AvgIpc) is 2.37. The number of carbonyl (C=O) groups excluding carboxylic acids is 1. The highest BCUT2D eigenvalue weighted by Gasteiger charge is 2.25. The summed E-state index contributed by atoms with van der Waals surface area (Å²) in [5.74, 6) is -0.0295. The lowest BCUT2D eigenvalue weighted by atomic mass is 10.00. The van der Waals surface area contributed by atoms with Gasteiger partial charge in [0.2, 0.25) is 5.15 Å². The maximum absolute atomic E-state index is 12.1. The van der Waals surface area contributed by atoms with Crippen molar-refractivity contribution in [2.45, 2.75) is 39.7 Å². The van der Waals surface area contributed by atoms with E-state index in [4.69, 9.17) is 11.6 Å². The number of nitrogens with zero attached hydrogens (tertiary/aromatic N) is 2. The Morgan fingerprint density at radius 1 is 1.55 bits per heavy atom. The Hall–Kier alpha value is -1.69. The number of hydrogen-bond acceptors (Lipinski definition) is 4. The van der Waals surface area contributed by atoms with E-state index >= 15 is 0 Å². The smallest absolute Gasteiger partial charge is 0.319 e. The molecule has 110 valence electrons. The van der Waals surface area contributed by atoms with Crippen LogP contribution in [-0.4, -0.2) is 21.9 Å². The van der Waals surface area contributed by atoms with Gasteiger partial charge in [0.15, 0.2) is 0 Å². The molecule has 0 spiro atoms. The summed E-state index contributed by atoms with van der Waals surface area (Å²) >= 11 is 5.68. The van der Waals surface area contributed by atoms with Crippen molar-refractivity contribution in [1.82, 2.24) is 10.3 Å². The number of hydrogen-bond donors (Lipinski definition) is 1. The highest BCUT2D eigenvalue weighted by atomic mass is 35.5. The van der Waals surface area contributed by atoms with Gasteiger partial charge >= 0.3 is 5.69 Å². The topological polar surface area (TPSA) is 85.1 Å². The molecule has 1 amide bonds. The number of nitro groups is 1. The van der Waals surface area contributed by atoms with E-state index in [0.29, 0.717) is 5.92 Å². The second-order valence-electron chi connectivity index (χ2n) is 4.88. The van der Waals surface area contributed by atoms with Crippen LogP contribution < -0.4 is 5.32 Å². The average molecular weight is 300 g/mol. The van der Waals surface area contributed by atoms with Crippen LogP contribution in [0.1, 0.15) is 44.0 Å². The molecular weight excluding hydrogens is 282 g/mol. The zero-order valence-corrected chi connectivity index (χ0v) is 12.5. The van der Waals surface area contributed by atoms with Crippen molar-refractivity contribution in [1.29, 1.82) is 0 Å². The molecule has 1 aromatic heterocycles. The Labute approximate surface area is 122 Å². The number of halogens is 1. The number of amides is 1. The molecule has 1 N–H and O–H groups in total. The van der Waals surface area contributed by atoms with Gasteiger partial charge in [0.25, 0.3) is 5.91 Å². The van der Waals surface area contributed by atoms with E-state index < -0.39 is 16.5 Å². The summed E-state index contributed by atoms with van der Waals surface area (Å²) in [5, 5.41) is 13.4. The lowest BCUT2D eigenvalue weighted by Crippen LogP contribution is -2.34. The monoisotopic (exact) mass is 299 g/mol. The van der Waals surface area contributed by atoms with E-state index in [9.17, 15) is 14.9 Å². The summed E-state index contributed by atoms with van der Waals surface area (Å²) in [7, 11) is 0. The van der Waals surface area contributed by atoms with Crippen LogP contribution in [0.15, 0.2) is 12.3 Å². The molecule has 0 saturated heterocycles. The highest BCUT2D eigenvalue weighted by Crippen LogP contribution is 2.26. The third-order valence-corrected chi connectivity index (χ3v) is 3.41. The van der Waals surface area contributed by atoms with Crippen LogP contribution in [-0.2, 0) is 0 Å². The molecule has 0 aliphatic carbocycles. The van der Waals surface area contributed by atoms with Crippen LogP contribution in [0.25, 0.3) is 0 Å². The summed E-state index contributed by atoms with van der Waals surface area (Å²) in [6.07, 6.45) is 3.11. The lowest BCUT2D eigenvalue weighted by Gasteiger charge is -2.17. The maximum Gasteiger partial charge on any atom is 0.319 e. The summed E-state index contributed by atoms with van der Waals surface area (Å²) in [6.45, 7) is 6.04. The molecule has 0 aliphatic heterocycles. The second kappa shape index (κ2) is 7.19. The molecule has 1 rings (SSSR count). The molecule has 1 heterocycles. The Balaban J connectivity index is 2.88. The predicted molar refractivity (Wildman–Crippen MR) is 76.9 cm³/mol. The van der Waals surface area contributed by atoms with E-state index in [1.165, 1.54) is 12.3 Å². The van der Waals surface area contributed by atoms with Crippen LogP contribution in [0.4, 0.5) is 5.69 Å². The maximum atomic E-state index is 12.1. The molecule has 0 fully saturated rings. The van der Waals surface area contributed by atoms with E-state index in [2.05, 4.69) is 24.1 Å². The van der Waals surface area contributed by atoms with Gasteiger partial charge in [0.1, 0.15) is 5.56 Å². The van der Waals surface area contributed by atoms with Crippen LogP contribution in [0.5, 0.6) is 0 Å². The van der Waals surface area contributed by atoms with Crippen LogP contribution >= 0.6 is 11.6 Å². The molecular formula is C13H18ClN3O3. The van der Waals surface area contributed by atoms with Gasteiger partial charge in [-0.3, -0.25) is 14.9 Å². The predicted octanol–water partition coefficient (Wildman–Crippen LogP) is 3.20. The fourth-order valence-corrected chi connectivity index (χ4v) is 2.14. The lowest BCUT2D eigenvalue weighted by molar-refractivity contribution is -0.385. The fourth-order valence-electron chi connectivity index (χ4n) is 1.92. The van der Waals surface area contributed by atoms with Gasteiger partial charge in [-0.25, -0.2) is 4.98 Å². The molecule has 6 nitrogen and oxygen atoms in total. The van der Waals surface area contributed by atoms with Crippen molar-refractivity contribution in [3.8, 4) is 0 Å². The molecule has 0 aromatic carbocycles. The van der Waals surface area contributed by atoms with Crippen LogP contribution in [0.2, 0.25) is 5.15 Å². The first-order chi connectivity index (χ1) is 9.36. The Morgan fingerprint density at radius 2 is 2.20 bits per heavy atom. The van der Waals surface area contributed by atoms with E-state index in [1.54, 1.807) is 0 Å². The molecule has 2 unspecified atom stereocenters. The first-order valence-corrected chi connectivity index (χ1v) is 6.84. The SMILES string of the molecule is CCC(C)CC(C)NC(=O)c1ccnc(Cl)c1[N+](=O)[O-]. The largest absolute Gasteiger partial charge is 0.349 e. The standard InChI is InChI=1S/C13H18ClN3O3/c1-4-8(2)7-9(3)16-13(18)10-5-6-15-12(14)11(10)17(19)20/h5-6,8-9H,4,7H2,1-3H3,(H,16,18). The van der Waals surface area contributed by atoms with Crippen molar-refractivity contribution in [3.05, 3.63) is 33.1 Å². The van der Waals surface area contributed by atoms with E-state index in [-0.39, 0.29) is 16.8 Å². The zero-order chi connectivity index (χ0) is 15.3. The molecule has 0 radical (unpaired) electrons. The van der Waals surface area contributed by atoms with Gasteiger partial charge in [-0.2, -0.15) is 0 Å². The van der Waals surface area contributed by atoms with Crippen molar-refractivity contribution in [2.75, 3.05) is 0 Å². The molecule has 1 aromatic rings. The number of aromatic nitrogens is 1. The fraction of sp³-hybridized carbons (Fsp3) is 0.538. The minimum atomic E-state index is -0.691.